The molecule has 1 aromatic rings. The fraction of sp³-hybridized carbons (Fsp3) is 0.529. The van der Waals surface area contributed by atoms with Crippen molar-refractivity contribution in [3.05, 3.63) is 24.3 Å². The van der Waals surface area contributed by atoms with E-state index in [4.69, 9.17) is 9.47 Å². The minimum Gasteiger partial charge on any atom is -0.455 e. The van der Waals surface area contributed by atoms with Gasteiger partial charge in [-0.05, 0) is 36.6 Å². The molecule has 2 aliphatic rings. The van der Waals surface area contributed by atoms with E-state index in [2.05, 4.69) is 5.32 Å². The van der Waals surface area contributed by atoms with Gasteiger partial charge in [-0.1, -0.05) is 6.92 Å². The predicted octanol–water partition coefficient (Wildman–Crippen LogP) is 0.845. The first-order chi connectivity index (χ1) is 12.4. The average Bonchev–Trinajstić information content (AvgIpc) is 3.38. The Morgan fingerprint density at radius 3 is 2.42 bits per heavy atom. The number of nitrogens with one attached hydrogen (secondary N) is 1. The maximum Gasteiger partial charge on any atom is 0.309 e. The summed E-state index contributed by atoms with van der Waals surface area (Å²) in [5.74, 6) is -0.575. The Hall–Kier alpha value is -1.97. The van der Waals surface area contributed by atoms with Crippen molar-refractivity contribution >= 4 is 27.6 Å². The minimum absolute atomic E-state index is 0.0903. The van der Waals surface area contributed by atoms with Crippen LogP contribution in [0.5, 0.6) is 0 Å². The zero-order valence-electron chi connectivity index (χ0n) is 14.5. The Morgan fingerprint density at radius 1 is 1.23 bits per heavy atom. The summed E-state index contributed by atoms with van der Waals surface area (Å²) in [5.41, 5.74) is 0.437. The van der Waals surface area contributed by atoms with Crippen LogP contribution in [0.25, 0.3) is 0 Å². The quantitative estimate of drug-likeness (QED) is 0.732. The lowest BCUT2D eigenvalue weighted by atomic mass is 10.3. The highest BCUT2D eigenvalue weighted by Gasteiger charge is 2.40. The van der Waals surface area contributed by atoms with Gasteiger partial charge in [-0.25, -0.2) is 8.42 Å². The first kappa shape index (κ1) is 18.8. The van der Waals surface area contributed by atoms with Crippen molar-refractivity contribution < 1.29 is 27.5 Å². The summed E-state index contributed by atoms with van der Waals surface area (Å²) >= 11 is 0. The van der Waals surface area contributed by atoms with Crippen molar-refractivity contribution in [3.63, 3.8) is 0 Å². The Balaban J connectivity index is 1.53. The molecule has 1 N–H and O–H groups in total. The third kappa shape index (κ3) is 4.40. The minimum atomic E-state index is -3.57. The molecule has 1 heterocycles. The topological polar surface area (TPSA) is 102 Å². The molecule has 1 saturated carbocycles. The van der Waals surface area contributed by atoms with Crippen molar-refractivity contribution in [2.24, 2.45) is 11.8 Å². The zero-order chi connectivity index (χ0) is 18.7. The van der Waals surface area contributed by atoms with E-state index in [1.807, 2.05) is 6.92 Å². The molecule has 1 aliphatic carbocycles. The Bertz CT molecular complexity index is 771. The van der Waals surface area contributed by atoms with Crippen LogP contribution in [-0.4, -0.2) is 57.5 Å². The van der Waals surface area contributed by atoms with Crippen LogP contribution in [-0.2, 0) is 29.1 Å². The van der Waals surface area contributed by atoms with Crippen LogP contribution < -0.4 is 5.32 Å². The van der Waals surface area contributed by atoms with Crippen molar-refractivity contribution in [2.45, 2.75) is 18.2 Å². The van der Waals surface area contributed by atoms with Gasteiger partial charge in [-0.2, -0.15) is 4.31 Å². The molecular weight excluding hydrogens is 360 g/mol. The Labute approximate surface area is 152 Å². The highest BCUT2D eigenvalue weighted by atomic mass is 32.2. The van der Waals surface area contributed by atoms with Crippen LogP contribution in [0.1, 0.15) is 13.3 Å². The maximum absolute atomic E-state index is 12.5. The van der Waals surface area contributed by atoms with E-state index in [0.29, 0.717) is 37.9 Å². The fourth-order valence-electron chi connectivity index (χ4n) is 2.74. The third-order valence-electron chi connectivity index (χ3n) is 4.50. The standard InChI is InChI=1S/C17H22N2O6S/c1-12-10-15(12)17(21)25-11-16(20)18-13-2-4-14(5-3-13)26(22,23)19-6-8-24-9-7-19/h2-5,12,15H,6-11H2,1H3,(H,18,20)/t12-,15-/m0/s1. The second kappa shape index (κ2) is 7.73. The summed E-state index contributed by atoms with van der Waals surface area (Å²) in [5, 5.41) is 2.58. The highest BCUT2D eigenvalue weighted by Crippen LogP contribution is 2.38. The molecule has 1 aromatic carbocycles. The van der Waals surface area contributed by atoms with E-state index in [-0.39, 0.29) is 23.4 Å². The molecule has 0 aromatic heterocycles. The molecule has 0 spiro atoms. The second-order valence-electron chi connectivity index (χ2n) is 6.52. The molecule has 9 heteroatoms. The van der Waals surface area contributed by atoms with E-state index in [1.54, 1.807) is 0 Å². The number of hydrogen-bond donors (Lipinski definition) is 1. The lowest BCUT2D eigenvalue weighted by molar-refractivity contribution is -0.148. The molecule has 1 aliphatic heterocycles. The van der Waals surface area contributed by atoms with Gasteiger partial charge in [0.15, 0.2) is 6.61 Å². The lowest BCUT2D eigenvalue weighted by Crippen LogP contribution is -2.40. The molecule has 0 unspecified atom stereocenters. The molecular formula is C17H22N2O6S. The van der Waals surface area contributed by atoms with Crippen LogP contribution in [0.15, 0.2) is 29.2 Å². The predicted molar refractivity (Wildman–Crippen MR) is 92.9 cm³/mol. The summed E-state index contributed by atoms with van der Waals surface area (Å²) in [6.07, 6.45) is 0.805. The molecule has 1 amide bonds. The molecule has 26 heavy (non-hydrogen) atoms. The number of nitrogens with zero attached hydrogens (tertiary/aromatic N) is 1. The number of anilines is 1. The molecule has 0 radical (unpaired) electrons. The van der Waals surface area contributed by atoms with E-state index in [0.717, 1.165) is 6.42 Å². The third-order valence-corrected chi connectivity index (χ3v) is 6.42. The SMILES string of the molecule is C[C@H]1C[C@@H]1C(=O)OCC(=O)Nc1ccc(S(=O)(=O)N2CCOCC2)cc1. The number of carbonyl (C=O) groups excluding carboxylic acids is 2. The van der Waals surface area contributed by atoms with Crippen LogP contribution in [0, 0.1) is 11.8 Å². The van der Waals surface area contributed by atoms with Crippen molar-refractivity contribution in [2.75, 3.05) is 38.2 Å². The first-order valence-corrected chi connectivity index (χ1v) is 9.96. The summed E-state index contributed by atoms with van der Waals surface area (Å²) in [6, 6.07) is 5.91. The first-order valence-electron chi connectivity index (χ1n) is 8.52. The van der Waals surface area contributed by atoms with Gasteiger partial charge in [-0.3, -0.25) is 9.59 Å². The number of esters is 1. The van der Waals surface area contributed by atoms with Crippen molar-refractivity contribution in [3.8, 4) is 0 Å². The summed E-state index contributed by atoms with van der Waals surface area (Å²) < 4.78 is 36.5. The number of ether oxygens (including phenoxy) is 2. The number of amides is 1. The highest BCUT2D eigenvalue weighted by molar-refractivity contribution is 7.89. The van der Waals surface area contributed by atoms with Crippen molar-refractivity contribution in [1.29, 1.82) is 0 Å². The van der Waals surface area contributed by atoms with Gasteiger partial charge in [0.25, 0.3) is 5.91 Å². The summed E-state index contributed by atoms with van der Waals surface area (Å²) in [4.78, 5) is 23.6. The maximum atomic E-state index is 12.5. The fourth-order valence-corrected chi connectivity index (χ4v) is 4.15. The Kier molecular flexibility index (Phi) is 5.59. The Morgan fingerprint density at radius 2 is 1.85 bits per heavy atom. The van der Waals surface area contributed by atoms with Gasteiger partial charge in [0.05, 0.1) is 24.0 Å². The van der Waals surface area contributed by atoms with Crippen molar-refractivity contribution in [1.82, 2.24) is 4.31 Å². The number of carbonyl (C=O) groups is 2. The molecule has 0 bridgehead atoms. The monoisotopic (exact) mass is 382 g/mol. The number of morpholine rings is 1. The molecule has 2 fully saturated rings. The zero-order valence-corrected chi connectivity index (χ0v) is 15.3. The van der Waals surface area contributed by atoms with Gasteiger partial charge in [0.2, 0.25) is 10.0 Å². The smallest absolute Gasteiger partial charge is 0.309 e. The molecule has 8 nitrogen and oxygen atoms in total. The lowest BCUT2D eigenvalue weighted by Gasteiger charge is -2.26. The van der Waals surface area contributed by atoms with Gasteiger partial charge >= 0.3 is 5.97 Å². The van der Waals surface area contributed by atoms with Gasteiger partial charge in [0.1, 0.15) is 0 Å². The molecule has 3 rings (SSSR count). The summed E-state index contributed by atoms with van der Waals surface area (Å²) in [7, 11) is -3.57. The van der Waals surface area contributed by atoms with Crippen LogP contribution in [0.3, 0.4) is 0 Å². The molecule has 1 saturated heterocycles. The number of benzene rings is 1. The van der Waals surface area contributed by atoms with E-state index < -0.39 is 15.9 Å². The van der Waals surface area contributed by atoms with Crippen LogP contribution in [0.4, 0.5) is 5.69 Å². The van der Waals surface area contributed by atoms with Crippen LogP contribution >= 0.6 is 0 Å². The van der Waals surface area contributed by atoms with E-state index in [1.165, 1.54) is 28.6 Å². The number of rotatable bonds is 6. The van der Waals surface area contributed by atoms with E-state index in [9.17, 15) is 18.0 Å². The van der Waals surface area contributed by atoms with Gasteiger partial charge < -0.3 is 14.8 Å². The molecule has 2 atom stereocenters. The van der Waals surface area contributed by atoms with Crippen LogP contribution in [0.2, 0.25) is 0 Å². The normalized spacial score (nSPS) is 23.3. The number of sulfonamides is 1. The van der Waals surface area contributed by atoms with Gasteiger partial charge in [-0.15, -0.1) is 0 Å². The molecule has 142 valence electrons. The number of hydrogen-bond acceptors (Lipinski definition) is 6. The average molecular weight is 382 g/mol. The summed E-state index contributed by atoms with van der Waals surface area (Å²) in [6.45, 7) is 3.02. The van der Waals surface area contributed by atoms with E-state index >= 15 is 0 Å². The second-order valence-corrected chi connectivity index (χ2v) is 8.45. The van der Waals surface area contributed by atoms with Gasteiger partial charge in [0, 0.05) is 18.8 Å². The largest absolute Gasteiger partial charge is 0.455 e.